The number of anilines is 3. The summed E-state index contributed by atoms with van der Waals surface area (Å²) in [7, 11) is 0. The van der Waals surface area contributed by atoms with Gasteiger partial charge in [0.1, 0.15) is 11.6 Å². The zero-order valence-electron chi connectivity index (χ0n) is 16.2. The van der Waals surface area contributed by atoms with Gasteiger partial charge in [-0.05, 0) is 36.8 Å². The number of nitrogens with zero attached hydrogens (tertiary/aromatic N) is 6. The van der Waals surface area contributed by atoms with E-state index in [9.17, 15) is 0 Å². The van der Waals surface area contributed by atoms with E-state index in [1.165, 1.54) is 0 Å². The van der Waals surface area contributed by atoms with Crippen LogP contribution in [0, 0.1) is 6.92 Å². The van der Waals surface area contributed by atoms with E-state index >= 15 is 0 Å². The van der Waals surface area contributed by atoms with Gasteiger partial charge in [-0.3, -0.25) is 4.57 Å². The SMILES string of the molecule is Cc1cn(-c2ccccn2)c2nc(Nc3ccc(N4CCNCC4)cn3)ncc12. The topological polar surface area (TPSA) is 83.8 Å². The van der Waals surface area contributed by atoms with Crippen LogP contribution in [0.3, 0.4) is 0 Å². The van der Waals surface area contributed by atoms with Crippen LogP contribution in [0.2, 0.25) is 0 Å². The lowest BCUT2D eigenvalue weighted by Gasteiger charge is -2.29. The highest BCUT2D eigenvalue weighted by Crippen LogP contribution is 2.23. The van der Waals surface area contributed by atoms with Crippen molar-refractivity contribution in [2.24, 2.45) is 0 Å². The smallest absolute Gasteiger partial charge is 0.230 e. The lowest BCUT2D eigenvalue weighted by molar-refractivity contribution is 0.589. The Morgan fingerprint density at radius 3 is 2.66 bits per heavy atom. The van der Waals surface area contributed by atoms with Gasteiger partial charge in [-0.2, -0.15) is 4.98 Å². The fourth-order valence-corrected chi connectivity index (χ4v) is 3.57. The van der Waals surface area contributed by atoms with Crippen LogP contribution >= 0.6 is 0 Å². The molecular formula is C21H22N8. The lowest BCUT2D eigenvalue weighted by Crippen LogP contribution is -2.43. The minimum absolute atomic E-state index is 0.509. The fourth-order valence-electron chi connectivity index (χ4n) is 3.57. The van der Waals surface area contributed by atoms with Crippen LogP contribution in [0.5, 0.6) is 0 Å². The quantitative estimate of drug-likeness (QED) is 0.558. The Labute approximate surface area is 168 Å². The molecule has 8 nitrogen and oxygen atoms in total. The third-order valence-electron chi connectivity index (χ3n) is 5.11. The van der Waals surface area contributed by atoms with E-state index in [0.29, 0.717) is 5.95 Å². The minimum atomic E-state index is 0.509. The zero-order chi connectivity index (χ0) is 19.6. The van der Waals surface area contributed by atoms with Crippen molar-refractivity contribution in [2.75, 3.05) is 36.4 Å². The molecule has 146 valence electrons. The van der Waals surface area contributed by atoms with Crippen LogP contribution < -0.4 is 15.5 Å². The number of rotatable bonds is 4. The molecule has 4 aromatic rings. The molecule has 8 heteroatoms. The van der Waals surface area contributed by atoms with Gasteiger partial charge in [-0.25, -0.2) is 15.0 Å². The summed E-state index contributed by atoms with van der Waals surface area (Å²) in [5, 5.41) is 7.58. The second kappa shape index (κ2) is 7.48. The number of nitrogens with one attached hydrogen (secondary N) is 2. The standard InChI is InChI=1S/C21H22N8/c1-15-14-29(19-4-2-3-7-23-19)20-17(15)13-25-21(27-20)26-18-6-5-16(12-24-18)28-10-8-22-9-11-28/h2-7,12-14,22H,8-11H2,1H3,(H,24,25,26,27). The molecule has 2 N–H and O–H groups in total. The van der Waals surface area contributed by atoms with Crippen molar-refractivity contribution in [3.05, 3.63) is 60.7 Å². The van der Waals surface area contributed by atoms with E-state index in [0.717, 1.165) is 60.1 Å². The molecular weight excluding hydrogens is 364 g/mol. The fraction of sp³-hybridized carbons (Fsp3) is 0.238. The molecule has 1 saturated heterocycles. The number of piperazine rings is 1. The van der Waals surface area contributed by atoms with Gasteiger partial charge < -0.3 is 15.5 Å². The van der Waals surface area contributed by atoms with Crippen LogP contribution in [-0.2, 0) is 0 Å². The monoisotopic (exact) mass is 386 g/mol. The van der Waals surface area contributed by atoms with Crippen LogP contribution in [0.4, 0.5) is 17.5 Å². The molecule has 0 bridgehead atoms. The van der Waals surface area contributed by atoms with E-state index in [1.807, 2.05) is 47.4 Å². The van der Waals surface area contributed by atoms with Gasteiger partial charge >= 0.3 is 0 Å². The van der Waals surface area contributed by atoms with E-state index in [-0.39, 0.29) is 0 Å². The Hall–Kier alpha value is -3.52. The minimum Gasteiger partial charge on any atom is -0.368 e. The molecule has 0 atom stereocenters. The van der Waals surface area contributed by atoms with Crippen molar-refractivity contribution in [2.45, 2.75) is 6.92 Å². The van der Waals surface area contributed by atoms with E-state index in [4.69, 9.17) is 4.98 Å². The third-order valence-corrected chi connectivity index (χ3v) is 5.11. The molecule has 0 spiro atoms. The van der Waals surface area contributed by atoms with Crippen molar-refractivity contribution in [3.63, 3.8) is 0 Å². The second-order valence-electron chi connectivity index (χ2n) is 7.06. The zero-order valence-corrected chi connectivity index (χ0v) is 16.2. The summed E-state index contributed by atoms with van der Waals surface area (Å²) < 4.78 is 1.98. The maximum Gasteiger partial charge on any atom is 0.230 e. The van der Waals surface area contributed by atoms with Crippen LogP contribution in [0.15, 0.2) is 55.1 Å². The van der Waals surface area contributed by atoms with Gasteiger partial charge in [0.05, 0.1) is 11.9 Å². The van der Waals surface area contributed by atoms with Crippen LogP contribution in [0.1, 0.15) is 5.56 Å². The summed E-state index contributed by atoms with van der Waals surface area (Å²) in [5.74, 6) is 2.06. The summed E-state index contributed by atoms with van der Waals surface area (Å²) in [6.45, 7) is 6.05. The highest BCUT2D eigenvalue weighted by Gasteiger charge is 2.13. The van der Waals surface area contributed by atoms with Gasteiger partial charge in [-0.1, -0.05) is 6.07 Å². The van der Waals surface area contributed by atoms with Gasteiger partial charge in [0.25, 0.3) is 0 Å². The van der Waals surface area contributed by atoms with Crippen molar-refractivity contribution in [1.29, 1.82) is 0 Å². The molecule has 0 aliphatic carbocycles. The number of pyridine rings is 2. The van der Waals surface area contributed by atoms with Crippen molar-refractivity contribution < 1.29 is 0 Å². The van der Waals surface area contributed by atoms with Crippen molar-refractivity contribution in [1.82, 2.24) is 29.8 Å². The van der Waals surface area contributed by atoms with Crippen LogP contribution in [0.25, 0.3) is 16.9 Å². The molecule has 0 unspecified atom stereocenters. The summed E-state index contributed by atoms with van der Waals surface area (Å²) >= 11 is 0. The van der Waals surface area contributed by atoms with Gasteiger partial charge in [0.15, 0.2) is 5.65 Å². The molecule has 4 aromatic heterocycles. The molecule has 1 aliphatic rings. The lowest BCUT2D eigenvalue weighted by atomic mass is 10.3. The molecule has 0 aromatic carbocycles. The largest absolute Gasteiger partial charge is 0.368 e. The summed E-state index contributed by atoms with van der Waals surface area (Å²) in [6, 6.07) is 9.88. The Bertz CT molecular complexity index is 1110. The molecule has 0 saturated carbocycles. The number of aromatic nitrogens is 5. The average molecular weight is 386 g/mol. The molecule has 1 fully saturated rings. The molecule has 5 rings (SSSR count). The summed E-state index contributed by atoms with van der Waals surface area (Å²) in [4.78, 5) is 20.5. The molecule has 29 heavy (non-hydrogen) atoms. The Kier molecular flexibility index (Phi) is 4.53. The van der Waals surface area contributed by atoms with Crippen molar-refractivity contribution >= 4 is 28.5 Å². The van der Waals surface area contributed by atoms with E-state index in [2.05, 4.69) is 43.5 Å². The number of aryl methyl sites for hydroxylation is 1. The van der Waals surface area contributed by atoms with E-state index in [1.54, 1.807) is 6.20 Å². The first-order valence-corrected chi connectivity index (χ1v) is 9.73. The molecule has 5 heterocycles. The van der Waals surface area contributed by atoms with Gasteiger partial charge in [-0.15, -0.1) is 0 Å². The van der Waals surface area contributed by atoms with Gasteiger partial charge in [0.2, 0.25) is 5.95 Å². The molecule has 1 aliphatic heterocycles. The number of hydrogen-bond donors (Lipinski definition) is 2. The third kappa shape index (κ3) is 3.50. The van der Waals surface area contributed by atoms with Crippen LogP contribution in [-0.4, -0.2) is 50.7 Å². The molecule has 0 amide bonds. The Morgan fingerprint density at radius 1 is 1.00 bits per heavy atom. The predicted molar refractivity (Wildman–Crippen MR) is 114 cm³/mol. The number of hydrogen-bond acceptors (Lipinski definition) is 7. The Balaban J connectivity index is 1.42. The highest BCUT2D eigenvalue weighted by atomic mass is 15.2. The second-order valence-corrected chi connectivity index (χ2v) is 7.06. The first kappa shape index (κ1) is 17.6. The first-order chi connectivity index (χ1) is 14.3. The average Bonchev–Trinajstić information content (AvgIpc) is 3.11. The van der Waals surface area contributed by atoms with Crippen molar-refractivity contribution in [3.8, 4) is 5.82 Å². The summed E-state index contributed by atoms with van der Waals surface area (Å²) in [6.07, 6.45) is 7.55. The summed E-state index contributed by atoms with van der Waals surface area (Å²) in [5.41, 5.74) is 3.06. The highest BCUT2D eigenvalue weighted by molar-refractivity contribution is 5.82. The maximum absolute atomic E-state index is 4.72. The number of fused-ring (bicyclic) bond motifs is 1. The maximum atomic E-state index is 4.72. The first-order valence-electron chi connectivity index (χ1n) is 9.73. The predicted octanol–water partition coefficient (Wildman–Crippen LogP) is 2.67. The normalized spacial score (nSPS) is 14.3. The van der Waals surface area contributed by atoms with Gasteiger partial charge in [0, 0.05) is 50.2 Å². The Morgan fingerprint density at radius 2 is 1.90 bits per heavy atom. The molecule has 0 radical (unpaired) electrons. The van der Waals surface area contributed by atoms with E-state index < -0.39 is 0 Å².